The lowest BCUT2D eigenvalue weighted by Gasteiger charge is -2.08. The van der Waals surface area contributed by atoms with E-state index < -0.39 is 5.56 Å². The highest BCUT2D eigenvalue weighted by Crippen LogP contribution is 2.17. The van der Waals surface area contributed by atoms with Crippen LogP contribution in [0.5, 0.6) is 0 Å². The first-order chi connectivity index (χ1) is 10.7. The molecule has 0 aliphatic rings. The maximum Gasteiger partial charge on any atom is 0.285 e. The molecular weight excluding hydrogens is 302 g/mol. The van der Waals surface area contributed by atoms with E-state index in [-0.39, 0.29) is 5.02 Å². The summed E-state index contributed by atoms with van der Waals surface area (Å²) in [6.07, 6.45) is 2.23. The number of nitrogens with zero attached hydrogens (tertiary/aromatic N) is 3. The second kappa shape index (κ2) is 6.19. The predicted octanol–water partition coefficient (Wildman–Crippen LogP) is 2.45. The van der Waals surface area contributed by atoms with Gasteiger partial charge in [0, 0.05) is 19.5 Å². The fourth-order valence-electron chi connectivity index (χ4n) is 2.48. The van der Waals surface area contributed by atoms with Crippen LogP contribution in [0.3, 0.4) is 0 Å². The first kappa shape index (κ1) is 14.6. The van der Waals surface area contributed by atoms with Crippen molar-refractivity contribution >= 4 is 28.3 Å². The largest absolute Gasteiger partial charge is 0.382 e. The first-order valence-electron chi connectivity index (χ1n) is 7.12. The Morgan fingerprint density at radius 3 is 3.00 bits per heavy atom. The summed E-state index contributed by atoms with van der Waals surface area (Å²) >= 11 is 5.93. The molecule has 114 valence electrons. The Bertz CT molecular complexity index is 855. The van der Waals surface area contributed by atoms with Crippen LogP contribution in [0.2, 0.25) is 5.02 Å². The van der Waals surface area contributed by atoms with E-state index in [1.54, 1.807) is 0 Å². The molecule has 2 N–H and O–H groups in total. The molecule has 0 saturated heterocycles. The van der Waals surface area contributed by atoms with Crippen molar-refractivity contribution in [1.82, 2.24) is 19.7 Å². The molecule has 2 heterocycles. The Morgan fingerprint density at radius 2 is 2.18 bits per heavy atom. The number of hydrogen-bond donors (Lipinski definition) is 2. The molecule has 0 aliphatic heterocycles. The Labute approximate surface area is 132 Å². The Balaban J connectivity index is 1.77. The molecule has 0 saturated carbocycles. The monoisotopic (exact) mass is 317 g/mol. The zero-order valence-corrected chi connectivity index (χ0v) is 12.9. The number of fused-ring (bicyclic) bond motifs is 1. The third kappa shape index (κ3) is 2.69. The summed E-state index contributed by atoms with van der Waals surface area (Å²) in [6, 6.07) is 8.08. The molecule has 7 heteroatoms. The average molecular weight is 318 g/mol. The van der Waals surface area contributed by atoms with Crippen LogP contribution in [-0.2, 0) is 13.0 Å². The maximum atomic E-state index is 11.4. The number of rotatable bonds is 5. The van der Waals surface area contributed by atoms with Gasteiger partial charge in [0.25, 0.3) is 5.56 Å². The molecule has 0 unspecified atom stereocenters. The van der Waals surface area contributed by atoms with Gasteiger partial charge in [-0.05, 0) is 19.1 Å². The van der Waals surface area contributed by atoms with Crippen LogP contribution < -0.4 is 10.9 Å². The summed E-state index contributed by atoms with van der Waals surface area (Å²) in [5.41, 5.74) is 2.27. The van der Waals surface area contributed by atoms with E-state index in [0.29, 0.717) is 12.2 Å². The molecule has 0 radical (unpaired) electrons. The number of benzene rings is 1. The summed E-state index contributed by atoms with van der Waals surface area (Å²) in [4.78, 5) is 16.0. The van der Waals surface area contributed by atoms with E-state index in [1.165, 1.54) is 6.20 Å². The number of hydrogen-bond acceptors (Lipinski definition) is 4. The highest BCUT2D eigenvalue weighted by molar-refractivity contribution is 6.32. The number of para-hydroxylation sites is 2. The maximum absolute atomic E-state index is 11.4. The molecule has 0 aliphatic carbocycles. The quantitative estimate of drug-likeness (QED) is 0.758. The zero-order valence-electron chi connectivity index (χ0n) is 12.1. The summed E-state index contributed by atoms with van der Waals surface area (Å²) in [5.74, 6) is 1.00. The van der Waals surface area contributed by atoms with E-state index in [1.807, 2.05) is 18.2 Å². The van der Waals surface area contributed by atoms with Gasteiger partial charge >= 0.3 is 0 Å². The third-order valence-electron chi connectivity index (χ3n) is 3.51. The van der Waals surface area contributed by atoms with Crippen LogP contribution in [0.25, 0.3) is 11.0 Å². The number of anilines is 1. The lowest BCUT2D eigenvalue weighted by atomic mass is 10.3. The van der Waals surface area contributed by atoms with Crippen molar-refractivity contribution in [3.8, 4) is 0 Å². The number of aryl methyl sites for hydroxylation is 1. The standard InChI is InChI=1S/C15H16ClN5O/c1-2-21-12-6-4-3-5-10(12)19-13(21)7-8-17-11-9-18-20-15(22)14(11)16/h3-6,9H,2,7-8H2,1H3,(H2,17,20,22). The minimum absolute atomic E-state index is 0.124. The molecule has 0 atom stereocenters. The van der Waals surface area contributed by atoms with E-state index in [2.05, 4.69) is 38.1 Å². The number of nitrogens with one attached hydrogen (secondary N) is 2. The third-order valence-corrected chi connectivity index (χ3v) is 3.88. The van der Waals surface area contributed by atoms with Gasteiger partial charge < -0.3 is 9.88 Å². The molecule has 3 aromatic rings. The molecule has 3 rings (SSSR count). The minimum atomic E-state index is -0.396. The van der Waals surface area contributed by atoms with Crippen LogP contribution >= 0.6 is 11.6 Å². The number of aromatic nitrogens is 4. The van der Waals surface area contributed by atoms with Gasteiger partial charge in [-0.15, -0.1) is 0 Å². The van der Waals surface area contributed by atoms with Crippen molar-refractivity contribution < 1.29 is 0 Å². The normalized spacial score (nSPS) is 11.0. The molecule has 0 spiro atoms. The van der Waals surface area contributed by atoms with Crippen LogP contribution in [0.1, 0.15) is 12.7 Å². The van der Waals surface area contributed by atoms with Gasteiger partial charge in [0.15, 0.2) is 0 Å². The number of imidazole rings is 1. The van der Waals surface area contributed by atoms with Gasteiger partial charge in [-0.3, -0.25) is 4.79 Å². The molecule has 22 heavy (non-hydrogen) atoms. The predicted molar refractivity (Wildman–Crippen MR) is 87.5 cm³/mol. The smallest absolute Gasteiger partial charge is 0.285 e. The Morgan fingerprint density at radius 1 is 1.36 bits per heavy atom. The van der Waals surface area contributed by atoms with Gasteiger partial charge in [0.1, 0.15) is 10.8 Å². The highest BCUT2D eigenvalue weighted by atomic mass is 35.5. The lowest BCUT2D eigenvalue weighted by Crippen LogP contribution is -2.14. The van der Waals surface area contributed by atoms with Crippen molar-refractivity contribution in [2.24, 2.45) is 0 Å². The van der Waals surface area contributed by atoms with Gasteiger partial charge in [-0.2, -0.15) is 5.10 Å². The molecule has 0 amide bonds. The van der Waals surface area contributed by atoms with E-state index in [4.69, 9.17) is 11.6 Å². The minimum Gasteiger partial charge on any atom is -0.382 e. The SMILES string of the molecule is CCn1c(CCNc2cn[nH]c(=O)c2Cl)nc2ccccc21. The van der Waals surface area contributed by atoms with Crippen molar-refractivity contribution in [2.45, 2.75) is 19.9 Å². The van der Waals surface area contributed by atoms with E-state index >= 15 is 0 Å². The summed E-state index contributed by atoms with van der Waals surface area (Å²) in [7, 11) is 0. The van der Waals surface area contributed by atoms with Gasteiger partial charge in [0.2, 0.25) is 0 Å². The fourth-order valence-corrected chi connectivity index (χ4v) is 2.64. The second-order valence-corrected chi connectivity index (χ2v) is 5.24. The number of H-pyrrole nitrogens is 1. The van der Waals surface area contributed by atoms with Gasteiger partial charge in [0.05, 0.1) is 22.9 Å². The Kier molecular flexibility index (Phi) is 4.11. The van der Waals surface area contributed by atoms with Gasteiger partial charge in [-0.1, -0.05) is 23.7 Å². The Hall–Kier alpha value is -2.34. The highest BCUT2D eigenvalue weighted by Gasteiger charge is 2.09. The van der Waals surface area contributed by atoms with Crippen molar-refractivity contribution in [3.05, 3.63) is 51.7 Å². The van der Waals surface area contributed by atoms with E-state index in [9.17, 15) is 4.79 Å². The first-order valence-corrected chi connectivity index (χ1v) is 7.49. The summed E-state index contributed by atoms with van der Waals surface area (Å²) in [5, 5.41) is 9.28. The lowest BCUT2D eigenvalue weighted by molar-refractivity contribution is 0.717. The molecule has 0 bridgehead atoms. The van der Waals surface area contributed by atoms with Crippen LogP contribution in [0.4, 0.5) is 5.69 Å². The topological polar surface area (TPSA) is 75.6 Å². The zero-order chi connectivity index (χ0) is 15.5. The average Bonchev–Trinajstić information content (AvgIpc) is 2.89. The molecule has 2 aromatic heterocycles. The van der Waals surface area contributed by atoms with Crippen LogP contribution in [0.15, 0.2) is 35.3 Å². The van der Waals surface area contributed by atoms with Crippen molar-refractivity contribution in [2.75, 3.05) is 11.9 Å². The summed E-state index contributed by atoms with van der Waals surface area (Å²) < 4.78 is 2.19. The van der Waals surface area contributed by atoms with Gasteiger partial charge in [-0.25, -0.2) is 10.1 Å². The summed E-state index contributed by atoms with van der Waals surface area (Å²) in [6.45, 7) is 3.58. The second-order valence-electron chi connectivity index (χ2n) is 4.86. The molecule has 6 nitrogen and oxygen atoms in total. The van der Waals surface area contributed by atoms with Crippen LogP contribution in [0, 0.1) is 0 Å². The van der Waals surface area contributed by atoms with Crippen molar-refractivity contribution in [1.29, 1.82) is 0 Å². The molecular formula is C15H16ClN5O. The fraction of sp³-hybridized carbons (Fsp3) is 0.267. The number of halogens is 1. The van der Waals surface area contributed by atoms with Crippen molar-refractivity contribution in [3.63, 3.8) is 0 Å². The molecule has 1 aromatic carbocycles. The van der Waals surface area contributed by atoms with E-state index in [0.717, 1.165) is 29.8 Å². The van der Waals surface area contributed by atoms with Crippen LogP contribution in [-0.4, -0.2) is 26.3 Å². The molecule has 0 fully saturated rings. The number of aromatic amines is 1.